The van der Waals surface area contributed by atoms with Gasteiger partial charge in [0.05, 0.1) is 6.10 Å². The summed E-state index contributed by atoms with van der Waals surface area (Å²) in [6.45, 7) is 8.21. The lowest BCUT2D eigenvalue weighted by molar-refractivity contribution is 0.242. The quantitative estimate of drug-likeness (QED) is 0.794. The second kappa shape index (κ2) is 6.92. The maximum Gasteiger partial charge on any atom is 0.119 e. The van der Waals surface area contributed by atoms with Crippen molar-refractivity contribution in [3.8, 4) is 5.75 Å². The van der Waals surface area contributed by atoms with E-state index >= 15 is 0 Å². The molecule has 1 rings (SSSR count). The van der Waals surface area contributed by atoms with Crippen LogP contribution < -0.4 is 15.8 Å². The van der Waals surface area contributed by atoms with E-state index in [0.29, 0.717) is 6.04 Å². The minimum Gasteiger partial charge on any atom is -0.491 e. The molecule has 0 aromatic heterocycles. The first-order valence-corrected chi connectivity index (χ1v) is 7.04. The summed E-state index contributed by atoms with van der Waals surface area (Å²) in [6, 6.07) is 8.67. The van der Waals surface area contributed by atoms with Crippen molar-refractivity contribution in [2.75, 3.05) is 7.05 Å². The average molecular weight is 264 g/mol. The molecular weight excluding hydrogens is 236 g/mol. The molecule has 0 radical (unpaired) electrons. The number of nitrogens with two attached hydrogens (primary N) is 1. The SMILES string of the molecule is CNC(CCC(C)(C)N)c1ccc(OC(C)C)cc1. The van der Waals surface area contributed by atoms with Gasteiger partial charge in [0, 0.05) is 11.6 Å². The Labute approximate surface area is 117 Å². The van der Waals surface area contributed by atoms with Crippen molar-refractivity contribution < 1.29 is 4.74 Å². The first-order chi connectivity index (χ1) is 8.81. The molecule has 3 heteroatoms. The summed E-state index contributed by atoms with van der Waals surface area (Å²) in [4.78, 5) is 0. The largest absolute Gasteiger partial charge is 0.491 e. The Bertz CT molecular complexity index is 365. The molecule has 1 atom stereocenters. The van der Waals surface area contributed by atoms with Crippen LogP contribution in [0.1, 0.15) is 52.1 Å². The molecule has 0 aliphatic rings. The Kier molecular flexibility index (Phi) is 5.83. The molecule has 108 valence electrons. The third-order valence-corrected chi connectivity index (χ3v) is 3.08. The molecule has 0 fully saturated rings. The first-order valence-electron chi connectivity index (χ1n) is 7.04. The van der Waals surface area contributed by atoms with Gasteiger partial charge >= 0.3 is 0 Å². The predicted molar refractivity (Wildman–Crippen MR) is 81.5 cm³/mol. The summed E-state index contributed by atoms with van der Waals surface area (Å²) in [5.41, 5.74) is 7.21. The van der Waals surface area contributed by atoms with Gasteiger partial charge in [0.15, 0.2) is 0 Å². The molecule has 1 unspecified atom stereocenters. The highest BCUT2D eigenvalue weighted by atomic mass is 16.5. The monoisotopic (exact) mass is 264 g/mol. The van der Waals surface area contributed by atoms with Gasteiger partial charge < -0.3 is 15.8 Å². The number of benzene rings is 1. The summed E-state index contributed by atoms with van der Waals surface area (Å²) >= 11 is 0. The minimum atomic E-state index is -0.115. The zero-order chi connectivity index (χ0) is 14.5. The van der Waals surface area contributed by atoms with Crippen LogP contribution in [-0.4, -0.2) is 18.7 Å². The third-order valence-electron chi connectivity index (χ3n) is 3.08. The van der Waals surface area contributed by atoms with E-state index in [-0.39, 0.29) is 11.6 Å². The van der Waals surface area contributed by atoms with Crippen LogP contribution in [0.25, 0.3) is 0 Å². The van der Waals surface area contributed by atoms with Gasteiger partial charge in [-0.2, -0.15) is 0 Å². The van der Waals surface area contributed by atoms with Gasteiger partial charge in [-0.05, 0) is 65.3 Å². The molecule has 0 aliphatic carbocycles. The lowest BCUT2D eigenvalue weighted by atomic mass is 9.93. The summed E-state index contributed by atoms with van der Waals surface area (Å²) in [6.07, 6.45) is 2.23. The van der Waals surface area contributed by atoms with Crippen LogP contribution in [0.2, 0.25) is 0 Å². The highest BCUT2D eigenvalue weighted by Gasteiger charge is 2.15. The smallest absolute Gasteiger partial charge is 0.119 e. The van der Waals surface area contributed by atoms with E-state index in [0.717, 1.165) is 18.6 Å². The Balaban J connectivity index is 2.66. The van der Waals surface area contributed by atoms with E-state index in [2.05, 4.69) is 31.3 Å². The van der Waals surface area contributed by atoms with Gasteiger partial charge in [-0.15, -0.1) is 0 Å². The second-order valence-electron chi connectivity index (χ2n) is 6.10. The van der Waals surface area contributed by atoms with Crippen molar-refractivity contribution in [1.29, 1.82) is 0 Å². The Morgan fingerprint density at radius 1 is 1.21 bits per heavy atom. The second-order valence-corrected chi connectivity index (χ2v) is 6.10. The van der Waals surface area contributed by atoms with Gasteiger partial charge in [0.1, 0.15) is 5.75 Å². The first kappa shape index (κ1) is 16.0. The summed E-state index contributed by atoms with van der Waals surface area (Å²) < 4.78 is 5.66. The number of nitrogens with one attached hydrogen (secondary N) is 1. The van der Waals surface area contributed by atoms with Crippen molar-refractivity contribution in [3.05, 3.63) is 29.8 Å². The number of hydrogen-bond acceptors (Lipinski definition) is 3. The van der Waals surface area contributed by atoms with Crippen LogP contribution in [-0.2, 0) is 0 Å². The van der Waals surface area contributed by atoms with E-state index in [4.69, 9.17) is 10.5 Å². The van der Waals surface area contributed by atoms with Crippen LogP contribution in [0.15, 0.2) is 24.3 Å². The molecule has 0 saturated carbocycles. The summed E-state index contributed by atoms with van der Waals surface area (Å²) in [5.74, 6) is 0.924. The molecule has 0 heterocycles. The molecule has 1 aromatic rings. The van der Waals surface area contributed by atoms with Crippen molar-refractivity contribution >= 4 is 0 Å². The normalized spacial score (nSPS) is 13.6. The molecule has 0 amide bonds. The van der Waals surface area contributed by atoms with Crippen LogP contribution in [0.4, 0.5) is 0 Å². The fraction of sp³-hybridized carbons (Fsp3) is 0.625. The van der Waals surface area contributed by atoms with E-state index in [1.165, 1.54) is 5.56 Å². The zero-order valence-corrected chi connectivity index (χ0v) is 12.9. The lowest BCUT2D eigenvalue weighted by Gasteiger charge is -2.23. The maximum absolute atomic E-state index is 6.05. The molecule has 0 saturated heterocycles. The molecule has 3 N–H and O–H groups in total. The standard InChI is InChI=1S/C16H28N2O/c1-12(2)19-14-8-6-13(7-9-14)15(18-5)10-11-16(3,4)17/h6-9,12,15,18H,10-11,17H2,1-5H3. The fourth-order valence-electron chi connectivity index (χ4n) is 2.04. The van der Waals surface area contributed by atoms with Gasteiger partial charge in [-0.1, -0.05) is 12.1 Å². The minimum absolute atomic E-state index is 0.115. The number of hydrogen-bond donors (Lipinski definition) is 2. The van der Waals surface area contributed by atoms with E-state index < -0.39 is 0 Å². The van der Waals surface area contributed by atoms with E-state index in [1.807, 2.05) is 33.0 Å². The van der Waals surface area contributed by atoms with E-state index in [1.54, 1.807) is 0 Å². The molecule has 0 bridgehead atoms. The summed E-state index contributed by atoms with van der Waals surface area (Å²) in [7, 11) is 1.99. The van der Waals surface area contributed by atoms with Crippen LogP contribution in [0.5, 0.6) is 5.75 Å². The Hall–Kier alpha value is -1.06. The zero-order valence-electron chi connectivity index (χ0n) is 12.9. The van der Waals surface area contributed by atoms with Gasteiger partial charge in [0.25, 0.3) is 0 Å². The molecule has 1 aromatic carbocycles. The van der Waals surface area contributed by atoms with Crippen LogP contribution >= 0.6 is 0 Å². The average Bonchev–Trinajstić information content (AvgIpc) is 2.29. The molecule has 0 aliphatic heterocycles. The molecule has 3 nitrogen and oxygen atoms in total. The summed E-state index contributed by atoms with van der Waals surface area (Å²) in [5, 5.41) is 3.35. The van der Waals surface area contributed by atoms with Crippen molar-refractivity contribution in [1.82, 2.24) is 5.32 Å². The molecule has 19 heavy (non-hydrogen) atoms. The number of rotatable bonds is 7. The van der Waals surface area contributed by atoms with Crippen molar-refractivity contribution in [3.63, 3.8) is 0 Å². The van der Waals surface area contributed by atoms with Gasteiger partial charge in [-0.25, -0.2) is 0 Å². The van der Waals surface area contributed by atoms with E-state index in [9.17, 15) is 0 Å². The maximum atomic E-state index is 6.05. The molecule has 0 spiro atoms. The number of ether oxygens (including phenoxy) is 1. The fourth-order valence-corrected chi connectivity index (χ4v) is 2.04. The highest BCUT2D eigenvalue weighted by Crippen LogP contribution is 2.23. The third kappa shape index (κ3) is 6.08. The van der Waals surface area contributed by atoms with Crippen molar-refractivity contribution in [2.24, 2.45) is 5.73 Å². The molecular formula is C16H28N2O. The highest BCUT2D eigenvalue weighted by molar-refractivity contribution is 5.29. The van der Waals surface area contributed by atoms with Crippen molar-refractivity contribution in [2.45, 2.75) is 58.2 Å². The Morgan fingerprint density at radius 2 is 1.79 bits per heavy atom. The predicted octanol–water partition coefficient (Wildman–Crippen LogP) is 3.25. The van der Waals surface area contributed by atoms with Gasteiger partial charge in [-0.3, -0.25) is 0 Å². The van der Waals surface area contributed by atoms with Gasteiger partial charge in [0.2, 0.25) is 0 Å². The topological polar surface area (TPSA) is 47.3 Å². The lowest BCUT2D eigenvalue weighted by Crippen LogP contribution is -2.33. The van der Waals surface area contributed by atoms with Crippen LogP contribution in [0, 0.1) is 0 Å². The van der Waals surface area contributed by atoms with Crippen LogP contribution in [0.3, 0.4) is 0 Å². The Morgan fingerprint density at radius 3 is 2.21 bits per heavy atom.